The number of anilines is 1. The molecule has 1 heterocycles. The van der Waals surface area contributed by atoms with Gasteiger partial charge in [-0.05, 0) is 35.9 Å². The lowest BCUT2D eigenvalue weighted by Crippen LogP contribution is -2.51. The van der Waals surface area contributed by atoms with Gasteiger partial charge >= 0.3 is 0 Å². The zero-order valence-corrected chi connectivity index (χ0v) is 17.1. The van der Waals surface area contributed by atoms with Crippen molar-refractivity contribution in [3.8, 4) is 0 Å². The van der Waals surface area contributed by atoms with Crippen molar-refractivity contribution in [1.82, 2.24) is 9.21 Å². The summed E-state index contributed by atoms with van der Waals surface area (Å²) in [5.74, 6) is -0.518. The van der Waals surface area contributed by atoms with Crippen molar-refractivity contribution in [3.63, 3.8) is 0 Å². The average molecular weight is 418 g/mol. The molecule has 1 amide bonds. The van der Waals surface area contributed by atoms with Crippen LogP contribution in [0.15, 0.2) is 60.0 Å². The summed E-state index contributed by atoms with van der Waals surface area (Å²) in [6.07, 6.45) is 1.51. The molecule has 1 saturated heterocycles. The van der Waals surface area contributed by atoms with Crippen LogP contribution < -0.4 is 4.90 Å². The van der Waals surface area contributed by atoms with Gasteiger partial charge in [-0.1, -0.05) is 30.3 Å². The van der Waals surface area contributed by atoms with Crippen LogP contribution in [0.2, 0.25) is 0 Å². The molecule has 0 atom stereocenters. The number of nitrogens with zero attached hydrogens (tertiary/aromatic N) is 3. The Morgan fingerprint density at radius 2 is 1.66 bits per heavy atom. The predicted octanol–water partition coefficient (Wildman–Crippen LogP) is 2.41. The summed E-state index contributed by atoms with van der Waals surface area (Å²) in [5.41, 5.74) is 1.68. The molecule has 6 nitrogen and oxygen atoms in total. The van der Waals surface area contributed by atoms with Crippen LogP contribution in [0.1, 0.15) is 5.56 Å². The van der Waals surface area contributed by atoms with Gasteiger partial charge in [-0.25, -0.2) is 12.8 Å². The van der Waals surface area contributed by atoms with Gasteiger partial charge in [0, 0.05) is 44.3 Å². The van der Waals surface area contributed by atoms with Crippen molar-refractivity contribution >= 4 is 27.7 Å². The maximum Gasteiger partial charge on any atom is 0.238 e. The Labute approximate surface area is 170 Å². The standard InChI is InChI=1S/C21H24FN3O3S/c1-23(29(27,28)16-11-18-5-3-2-4-6-18)17-21(26)25-14-12-24(13-15-25)20-9-7-19(22)8-10-20/h2-11,16H,12-15,17H2,1H3/b16-11+. The lowest BCUT2D eigenvalue weighted by atomic mass is 10.2. The highest BCUT2D eigenvalue weighted by molar-refractivity contribution is 7.92. The first kappa shape index (κ1) is 21.0. The third-order valence-corrected chi connectivity index (χ3v) is 6.33. The fourth-order valence-corrected chi connectivity index (χ4v) is 3.91. The molecule has 0 radical (unpaired) electrons. The van der Waals surface area contributed by atoms with E-state index in [1.807, 2.05) is 18.2 Å². The Hall–Kier alpha value is -2.71. The molecule has 2 aromatic rings. The number of hydrogen-bond donors (Lipinski definition) is 0. The fraction of sp³-hybridized carbons (Fsp3) is 0.286. The van der Waals surface area contributed by atoms with Crippen LogP contribution in [0.5, 0.6) is 0 Å². The van der Waals surface area contributed by atoms with Gasteiger partial charge in [0.1, 0.15) is 5.82 Å². The number of carbonyl (C=O) groups is 1. The van der Waals surface area contributed by atoms with Gasteiger partial charge < -0.3 is 9.80 Å². The highest BCUT2D eigenvalue weighted by Crippen LogP contribution is 2.17. The Kier molecular flexibility index (Phi) is 6.66. The molecule has 1 aliphatic heterocycles. The quantitative estimate of drug-likeness (QED) is 0.724. The Balaban J connectivity index is 1.53. The van der Waals surface area contributed by atoms with Crippen LogP contribution in [0.4, 0.5) is 10.1 Å². The smallest absolute Gasteiger partial charge is 0.238 e. The Morgan fingerprint density at radius 1 is 1.03 bits per heavy atom. The number of rotatable bonds is 6. The number of sulfonamides is 1. The molecule has 0 N–H and O–H groups in total. The van der Waals surface area contributed by atoms with Crippen molar-refractivity contribution in [2.75, 3.05) is 44.7 Å². The van der Waals surface area contributed by atoms with Crippen LogP contribution in [-0.4, -0.2) is 63.3 Å². The summed E-state index contributed by atoms with van der Waals surface area (Å²) in [6.45, 7) is 2.00. The molecule has 2 aromatic carbocycles. The third-order valence-electron chi connectivity index (χ3n) is 4.85. The van der Waals surface area contributed by atoms with E-state index in [0.717, 1.165) is 21.0 Å². The molecule has 0 saturated carbocycles. The predicted molar refractivity (Wildman–Crippen MR) is 112 cm³/mol. The van der Waals surface area contributed by atoms with E-state index in [2.05, 4.69) is 4.90 Å². The van der Waals surface area contributed by atoms with E-state index in [0.29, 0.717) is 26.2 Å². The molecule has 0 bridgehead atoms. The summed E-state index contributed by atoms with van der Waals surface area (Å²) in [6, 6.07) is 15.4. The zero-order valence-electron chi connectivity index (χ0n) is 16.2. The topological polar surface area (TPSA) is 60.9 Å². The largest absolute Gasteiger partial charge is 0.368 e. The van der Waals surface area contributed by atoms with Crippen molar-refractivity contribution in [2.24, 2.45) is 0 Å². The number of halogens is 1. The first-order valence-corrected chi connectivity index (χ1v) is 10.8. The normalized spacial score (nSPS) is 15.3. The second kappa shape index (κ2) is 9.19. The first-order chi connectivity index (χ1) is 13.8. The highest BCUT2D eigenvalue weighted by Gasteiger charge is 2.25. The number of likely N-dealkylation sites (N-methyl/N-ethyl adjacent to an activating group) is 1. The van der Waals surface area contributed by atoms with Gasteiger partial charge in [-0.2, -0.15) is 4.31 Å². The van der Waals surface area contributed by atoms with Crippen molar-refractivity contribution in [2.45, 2.75) is 0 Å². The Morgan fingerprint density at radius 3 is 2.28 bits per heavy atom. The fourth-order valence-electron chi connectivity index (χ4n) is 3.08. The SMILES string of the molecule is CN(CC(=O)N1CCN(c2ccc(F)cc2)CC1)S(=O)(=O)/C=C/c1ccccc1. The number of benzene rings is 2. The molecule has 1 fully saturated rings. The number of carbonyl (C=O) groups excluding carboxylic acids is 1. The Bertz CT molecular complexity index is 954. The summed E-state index contributed by atoms with van der Waals surface area (Å²) < 4.78 is 39.0. The minimum absolute atomic E-state index is 0.210. The summed E-state index contributed by atoms with van der Waals surface area (Å²) in [5, 5.41) is 1.11. The van der Waals surface area contributed by atoms with Crippen molar-refractivity contribution in [1.29, 1.82) is 0 Å². The maximum absolute atomic E-state index is 13.1. The molecule has 3 rings (SSSR count). The summed E-state index contributed by atoms with van der Waals surface area (Å²) >= 11 is 0. The monoisotopic (exact) mass is 417 g/mol. The zero-order chi connectivity index (χ0) is 20.9. The maximum atomic E-state index is 13.1. The second-order valence-electron chi connectivity index (χ2n) is 6.86. The van der Waals surface area contributed by atoms with E-state index in [1.54, 1.807) is 29.2 Å². The van der Waals surface area contributed by atoms with E-state index < -0.39 is 10.0 Å². The second-order valence-corrected chi connectivity index (χ2v) is 8.78. The molecule has 0 aliphatic carbocycles. The van der Waals surface area contributed by atoms with E-state index in [9.17, 15) is 17.6 Å². The van der Waals surface area contributed by atoms with Gasteiger partial charge in [0.05, 0.1) is 6.54 Å². The molecule has 154 valence electrons. The van der Waals surface area contributed by atoms with Crippen LogP contribution in [-0.2, 0) is 14.8 Å². The number of hydrogen-bond acceptors (Lipinski definition) is 4. The molecular weight excluding hydrogens is 393 g/mol. The van der Waals surface area contributed by atoms with Crippen molar-refractivity contribution in [3.05, 3.63) is 71.4 Å². The van der Waals surface area contributed by atoms with E-state index >= 15 is 0 Å². The molecule has 1 aliphatic rings. The third kappa shape index (κ3) is 5.65. The van der Waals surface area contributed by atoms with E-state index in [-0.39, 0.29) is 18.3 Å². The average Bonchev–Trinajstić information content (AvgIpc) is 2.74. The summed E-state index contributed by atoms with van der Waals surface area (Å²) in [4.78, 5) is 16.3. The molecule has 8 heteroatoms. The molecule has 0 unspecified atom stereocenters. The first-order valence-electron chi connectivity index (χ1n) is 9.33. The lowest BCUT2D eigenvalue weighted by molar-refractivity contribution is -0.131. The molecule has 0 spiro atoms. The van der Waals surface area contributed by atoms with Gasteiger partial charge in [-0.15, -0.1) is 0 Å². The van der Waals surface area contributed by atoms with Crippen LogP contribution in [0.3, 0.4) is 0 Å². The minimum Gasteiger partial charge on any atom is -0.368 e. The van der Waals surface area contributed by atoms with Crippen LogP contribution in [0.25, 0.3) is 6.08 Å². The van der Waals surface area contributed by atoms with Gasteiger partial charge in [0.25, 0.3) is 0 Å². The van der Waals surface area contributed by atoms with Crippen LogP contribution >= 0.6 is 0 Å². The van der Waals surface area contributed by atoms with Gasteiger partial charge in [0.15, 0.2) is 0 Å². The van der Waals surface area contributed by atoms with Gasteiger partial charge in [0.2, 0.25) is 15.9 Å². The number of amides is 1. The molecule has 29 heavy (non-hydrogen) atoms. The minimum atomic E-state index is -3.69. The van der Waals surface area contributed by atoms with E-state index in [1.165, 1.54) is 25.3 Å². The summed E-state index contributed by atoms with van der Waals surface area (Å²) in [7, 11) is -2.29. The molecular formula is C21H24FN3O3S. The highest BCUT2D eigenvalue weighted by atomic mass is 32.2. The van der Waals surface area contributed by atoms with Gasteiger partial charge in [-0.3, -0.25) is 4.79 Å². The van der Waals surface area contributed by atoms with Crippen molar-refractivity contribution < 1.29 is 17.6 Å². The number of piperazine rings is 1. The van der Waals surface area contributed by atoms with Crippen LogP contribution in [0, 0.1) is 5.82 Å². The van der Waals surface area contributed by atoms with E-state index in [4.69, 9.17) is 0 Å². The molecule has 0 aromatic heterocycles. The lowest BCUT2D eigenvalue weighted by Gasteiger charge is -2.36.